The summed E-state index contributed by atoms with van der Waals surface area (Å²) in [6.07, 6.45) is 0. The number of hydrogen-bond acceptors (Lipinski definition) is 3. The van der Waals surface area contributed by atoms with E-state index >= 15 is 0 Å². The molecule has 0 amide bonds. The van der Waals surface area contributed by atoms with E-state index in [-0.39, 0.29) is 11.5 Å². The fraction of sp³-hybridized carbons (Fsp3) is 0.0588. The van der Waals surface area contributed by atoms with Crippen LogP contribution in [0.1, 0.15) is 15.9 Å². The first-order valence-electron chi connectivity index (χ1n) is 6.70. The lowest BCUT2D eigenvalue weighted by atomic mass is 9.83. The molecule has 1 heterocycles. The largest absolute Gasteiger partial charge is 0.503 e. The lowest BCUT2D eigenvalue weighted by Gasteiger charge is -2.22. The van der Waals surface area contributed by atoms with Gasteiger partial charge in [-0.1, -0.05) is 35.9 Å². The van der Waals surface area contributed by atoms with E-state index in [4.69, 9.17) is 11.6 Å². The zero-order valence-electron chi connectivity index (χ0n) is 11.6. The molecule has 3 aromatic rings. The minimum absolute atomic E-state index is 0.197. The zero-order valence-corrected chi connectivity index (χ0v) is 12.3. The van der Waals surface area contributed by atoms with Crippen LogP contribution in [0.2, 0.25) is 5.02 Å². The van der Waals surface area contributed by atoms with E-state index in [2.05, 4.69) is 0 Å². The van der Waals surface area contributed by atoms with Crippen LogP contribution < -0.4 is 5.56 Å². The summed E-state index contributed by atoms with van der Waals surface area (Å²) in [6, 6.07) is 10.2. The van der Waals surface area contributed by atoms with Gasteiger partial charge in [0.15, 0.2) is 11.5 Å². The number of aromatic hydroxyl groups is 1. The van der Waals surface area contributed by atoms with Crippen LogP contribution in [0.3, 0.4) is 0 Å². The summed E-state index contributed by atoms with van der Waals surface area (Å²) in [7, 11) is 1.56. The molecule has 0 fully saturated rings. The topological polar surface area (TPSA) is 59.3 Å². The molecule has 1 aliphatic rings. The highest BCUT2D eigenvalue weighted by atomic mass is 35.5. The molecule has 4 nitrogen and oxygen atoms in total. The van der Waals surface area contributed by atoms with Crippen molar-refractivity contribution < 1.29 is 9.90 Å². The van der Waals surface area contributed by atoms with Crippen LogP contribution in [-0.4, -0.2) is 15.5 Å². The van der Waals surface area contributed by atoms with Crippen molar-refractivity contribution in [2.75, 3.05) is 0 Å². The molecule has 108 valence electrons. The molecule has 4 rings (SSSR count). The highest BCUT2D eigenvalue weighted by Crippen LogP contribution is 2.44. The molecule has 0 bridgehead atoms. The first-order chi connectivity index (χ1) is 10.5. The quantitative estimate of drug-likeness (QED) is 0.543. The van der Waals surface area contributed by atoms with Crippen molar-refractivity contribution >= 4 is 28.3 Å². The molecule has 22 heavy (non-hydrogen) atoms. The number of benzene rings is 2. The second-order valence-electron chi connectivity index (χ2n) is 5.28. The predicted octanol–water partition coefficient (Wildman–Crippen LogP) is 3.11. The number of aromatic nitrogens is 1. The Hall–Kier alpha value is -2.59. The number of carbonyl (C=O) groups is 1. The third-order valence-electron chi connectivity index (χ3n) is 4.16. The molecule has 0 unspecified atom stereocenters. The molecule has 2 aromatic carbocycles. The van der Waals surface area contributed by atoms with Gasteiger partial charge in [-0.2, -0.15) is 0 Å². The van der Waals surface area contributed by atoms with Gasteiger partial charge in [0.25, 0.3) is 5.56 Å². The van der Waals surface area contributed by atoms with Crippen molar-refractivity contribution in [2.24, 2.45) is 7.05 Å². The Morgan fingerprint density at radius 1 is 1.00 bits per heavy atom. The van der Waals surface area contributed by atoms with Crippen LogP contribution in [0.4, 0.5) is 0 Å². The van der Waals surface area contributed by atoms with Crippen LogP contribution in [0.15, 0.2) is 41.2 Å². The monoisotopic (exact) mass is 311 g/mol. The number of nitrogens with zero attached hydrogens (tertiary/aromatic N) is 1. The number of carbonyl (C=O) groups excluding carboxylic acids is 1. The lowest BCUT2D eigenvalue weighted by molar-refractivity contribution is 0.104. The first-order valence-corrected chi connectivity index (χ1v) is 7.08. The molecule has 0 atom stereocenters. The minimum Gasteiger partial charge on any atom is -0.503 e. The molecule has 0 saturated carbocycles. The summed E-state index contributed by atoms with van der Waals surface area (Å²) in [5, 5.41) is 11.2. The number of pyridine rings is 1. The van der Waals surface area contributed by atoms with Gasteiger partial charge < -0.3 is 9.67 Å². The van der Waals surface area contributed by atoms with Gasteiger partial charge in [0.2, 0.25) is 0 Å². The van der Waals surface area contributed by atoms with E-state index in [0.717, 1.165) is 0 Å². The van der Waals surface area contributed by atoms with Crippen LogP contribution in [-0.2, 0) is 7.05 Å². The van der Waals surface area contributed by atoms with Crippen LogP contribution in [0, 0.1) is 0 Å². The fourth-order valence-electron chi connectivity index (χ4n) is 3.11. The Balaban J connectivity index is 2.40. The standard InChI is InChI=1S/C17H10ClNO3/c1-19-11-7-6-10(18)13-14(11)12(16(21)17(19)22)8-4-2-3-5-9(8)15(13)20/h2-7,21H,1H3. The van der Waals surface area contributed by atoms with E-state index in [9.17, 15) is 14.7 Å². The zero-order chi connectivity index (χ0) is 15.6. The predicted molar refractivity (Wildman–Crippen MR) is 84.7 cm³/mol. The van der Waals surface area contributed by atoms with Crippen molar-refractivity contribution in [2.45, 2.75) is 0 Å². The van der Waals surface area contributed by atoms with E-state index in [1.54, 1.807) is 43.4 Å². The maximum atomic E-state index is 12.8. The third-order valence-corrected chi connectivity index (χ3v) is 4.47. The third kappa shape index (κ3) is 1.42. The highest BCUT2D eigenvalue weighted by Gasteiger charge is 2.31. The molecular formula is C17H10ClNO3. The maximum absolute atomic E-state index is 12.8. The highest BCUT2D eigenvalue weighted by molar-refractivity contribution is 6.39. The van der Waals surface area contributed by atoms with Crippen molar-refractivity contribution in [1.82, 2.24) is 4.57 Å². The normalized spacial score (nSPS) is 12.5. The van der Waals surface area contributed by atoms with E-state index in [1.165, 1.54) is 4.57 Å². The van der Waals surface area contributed by atoms with E-state index < -0.39 is 5.56 Å². The van der Waals surface area contributed by atoms with Crippen molar-refractivity contribution in [3.8, 4) is 16.9 Å². The van der Waals surface area contributed by atoms with Gasteiger partial charge in [-0.15, -0.1) is 0 Å². The average molecular weight is 312 g/mol. The maximum Gasteiger partial charge on any atom is 0.293 e. The number of aryl methyl sites for hydroxylation is 1. The van der Waals surface area contributed by atoms with E-state index in [1.807, 2.05) is 0 Å². The Morgan fingerprint density at radius 2 is 1.68 bits per heavy atom. The van der Waals surface area contributed by atoms with Gasteiger partial charge in [0.05, 0.1) is 16.1 Å². The molecule has 1 N–H and O–H groups in total. The minimum atomic E-state index is -0.500. The van der Waals surface area contributed by atoms with Gasteiger partial charge >= 0.3 is 0 Å². The smallest absolute Gasteiger partial charge is 0.293 e. The van der Waals surface area contributed by atoms with Crippen molar-refractivity contribution in [1.29, 1.82) is 0 Å². The second kappa shape index (κ2) is 4.21. The Labute approximate surface area is 130 Å². The first kappa shape index (κ1) is 13.1. The molecule has 0 aliphatic heterocycles. The summed E-state index contributed by atoms with van der Waals surface area (Å²) in [6.45, 7) is 0. The van der Waals surface area contributed by atoms with Crippen LogP contribution in [0.5, 0.6) is 5.75 Å². The average Bonchev–Trinajstić information content (AvgIpc) is 2.52. The van der Waals surface area contributed by atoms with Gasteiger partial charge in [0.1, 0.15) is 0 Å². The second-order valence-corrected chi connectivity index (χ2v) is 5.69. The molecule has 1 aromatic heterocycles. The number of fused-ring (bicyclic) bond motifs is 2. The van der Waals surface area contributed by atoms with Gasteiger partial charge in [-0.3, -0.25) is 9.59 Å². The summed E-state index contributed by atoms with van der Waals surface area (Å²) in [5.74, 6) is -0.560. The summed E-state index contributed by atoms with van der Waals surface area (Å²) >= 11 is 6.23. The Bertz CT molecular complexity index is 1050. The number of halogens is 1. The Morgan fingerprint density at radius 3 is 2.41 bits per heavy atom. The molecule has 0 radical (unpaired) electrons. The van der Waals surface area contributed by atoms with Gasteiger partial charge in [-0.05, 0) is 17.7 Å². The van der Waals surface area contributed by atoms with Gasteiger partial charge in [-0.25, -0.2) is 0 Å². The number of hydrogen-bond donors (Lipinski definition) is 1. The van der Waals surface area contributed by atoms with Crippen molar-refractivity contribution in [3.63, 3.8) is 0 Å². The summed E-state index contributed by atoms with van der Waals surface area (Å²) in [4.78, 5) is 25.0. The number of ketones is 1. The summed E-state index contributed by atoms with van der Waals surface area (Å²) in [5.41, 5.74) is 1.78. The molecule has 0 spiro atoms. The lowest BCUT2D eigenvalue weighted by Crippen LogP contribution is -2.21. The van der Waals surface area contributed by atoms with Gasteiger partial charge in [0, 0.05) is 23.6 Å². The molecule has 0 saturated heterocycles. The van der Waals surface area contributed by atoms with Crippen molar-refractivity contribution in [3.05, 3.63) is 62.9 Å². The van der Waals surface area contributed by atoms with Crippen LogP contribution >= 0.6 is 11.6 Å². The number of rotatable bonds is 0. The fourth-order valence-corrected chi connectivity index (χ4v) is 3.35. The van der Waals surface area contributed by atoms with E-state index in [0.29, 0.717) is 38.2 Å². The molecule has 1 aliphatic carbocycles. The summed E-state index contributed by atoms with van der Waals surface area (Å²) < 4.78 is 1.33. The molecular weight excluding hydrogens is 302 g/mol. The SMILES string of the molecule is Cn1c(=O)c(O)c2c3c(c(Cl)ccc31)C(=O)c1ccccc1-2. The molecule has 5 heteroatoms. The Kier molecular flexibility index (Phi) is 2.51. The van der Waals surface area contributed by atoms with Crippen LogP contribution in [0.25, 0.3) is 22.0 Å².